The first kappa shape index (κ1) is 24.8. The van der Waals surface area contributed by atoms with Gasteiger partial charge in [0.15, 0.2) is 22.3 Å². The molecule has 2 saturated carbocycles. The van der Waals surface area contributed by atoms with Gasteiger partial charge in [-0.2, -0.15) is 31.3 Å². The Labute approximate surface area is 200 Å². The Hall–Kier alpha value is -2.84. The number of hydrogen-bond acceptors (Lipinski definition) is 7. The van der Waals surface area contributed by atoms with Gasteiger partial charge in [-0.3, -0.25) is 4.79 Å². The normalized spacial score (nSPS) is 25.0. The summed E-state index contributed by atoms with van der Waals surface area (Å²) >= 11 is 0. The zero-order valence-corrected chi connectivity index (χ0v) is 19.4. The number of benzene rings is 1. The van der Waals surface area contributed by atoms with Gasteiger partial charge < -0.3 is 14.2 Å². The van der Waals surface area contributed by atoms with Crippen molar-refractivity contribution in [3.05, 3.63) is 35.5 Å². The first-order valence-electron chi connectivity index (χ1n) is 10.8. The molecule has 0 bridgehead atoms. The third-order valence-electron chi connectivity index (χ3n) is 7.01. The van der Waals surface area contributed by atoms with Crippen molar-refractivity contribution in [2.24, 2.45) is 5.92 Å². The molecule has 2 unspecified atom stereocenters. The van der Waals surface area contributed by atoms with Crippen LogP contribution in [0.1, 0.15) is 41.3 Å². The molecule has 1 saturated heterocycles. The number of likely N-dealkylation sites (tertiary alicyclic amines) is 1. The second-order valence-corrected chi connectivity index (χ2v) is 11.6. The molecule has 5 rings (SSSR count). The van der Waals surface area contributed by atoms with Crippen molar-refractivity contribution in [1.82, 2.24) is 15.0 Å². The minimum absolute atomic E-state index is 0.0215. The number of aromatic nitrogens is 2. The van der Waals surface area contributed by atoms with Crippen molar-refractivity contribution in [2.75, 3.05) is 26.0 Å². The van der Waals surface area contributed by atoms with Crippen LogP contribution < -0.4 is 4.74 Å². The number of fused-ring (bicyclic) bond motifs is 1. The molecule has 1 aromatic heterocycles. The Morgan fingerprint density at radius 2 is 1.92 bits per heavy atom. The summed E-state index contributed by atoms with van der Waals surface area (Å²) in [6.45, 7) is -1.59. The number of nitrogens with zero attached hydrogens (tertiary/aromatic N) is 3. The summed E-state index contributed by atoms with van der Waals surface area (Å²) in [5.74, 6) is -1.89. The topological polar surface area (TPSA) is 103 Å². The number of rotatable bonds is 6. The molecular formula is C21H19F6N3O5S. The van der Waals surface area contributed by atoms with E-state index in [-0.39, 0.29) is 48.2 Å². The molecule has 1 aromatic carbocycles. The lowest BCUT2D eigenvalue weighted by Crippen LogP contribution is -2.34. The fraction of sp³-hybridized carbons (Fsp3) is 0.571. The lowest BCUT2D eigenvalue weighted by molar-refractivity contribution is -0.162. The van der Waals surface area contributed by atoms with Crippen LogP contribution in [-0.2, 0) is 20.7 Å². The van der Waals surface area contributed by atoms with Gasteiger partial charge in [0.1, 0.15) is 11.2 Å². The molecule has 0 spiro atoms. The third-order valence-corrected chi connectivity index (χ3v) is 8.12. The smallest absolute Gasteiger partial charge is 0.422 e. The molecule has 2 heterocycles. The van der Waals surface area contributed by atoms with Gasteiger partial charge in [0.05, 0.1) is 15.9 Å². The van der Waals surface area contributed by atoms with Crippen LogP contribution in [0.2, 0.25) is 0 Å². The van der Waals surface area contributed by atoms with Gasteiger partial charge in [-0.1, -0.05) is 5.16 Å². The van der Waals surface area contributed by atoms with Crippen LogP contribution in [0.25, 0.3) is 0 Å². The zero-order chi connectivity index (χ0) is 26.3. The van der Waals surface area contributed by atoms with Gasteiger partial charge in [0, 0.05) is 19.3 Å². The van der Waals surface area contributed by atoms with Crippen LogP contribution in [0.3, 0.4) is 0 Å². The van der Waals surface area contributed by atoms with Gasteiger partial charge in [-0.05, 0) is 43.4 Å². The molecule has 2 aromatic rings. The first-order chi connectivity index (χ1) is 16.6. The van der Waals surface area contributed by atoms with Crippen molar-refractivity contribution in [1.29, 1.82) is 0 Å². The summed E-state index contributed by atoms with van der Waals surface area (Å²) in [5.41, 5.74) is -3.36. The number of halogens is 6. The van der Waals surface area contributed by atoms with Crippen molar-refractivity contribution in [3.8, 4) is 5.75 Å². The highest BCUT2D eigenvalue weighted by atomic mass is 32.2. The Morgan fingerprint density at radius 3 is 2.50 bits per heavy atom. The number of hydrogen-bond donors (Lipinski definition) is 0. The van der Waals surface area contributed by atoms with E-state index in [9.17, 15) is 39.6 Å². The van der Waals surface area contributed by atoms with E-state index in [1.807, 2.05) is 0 Å². The standard InChI is InChI=1S/C21H19F6N3O5S/c1-36(32,33)12-2-3-14(34-10-20(22,23)24)13(6-12)15(31)30-8-11-7-18(11,9-30)17-28-16(29-35-17)19(4-5-19)21(25,26)27/h2-3,6,11H,4-5,7-10H2,1H3. The number of sulfone groups is 1. The number of amides is 1. The third kappa shape index (κ3) is 4.10. The fourth-order valence-electron chi connectivity index (χ4n) is 4.71. The van der Waals surface area contributed by atoms with Crippen LogP contribution in [0.5, 0.6) is 5.75 Å². The van der Waals surface area contributed by atoms with Gasteiger partial charge >= 0.3 is 12.4 Å². The predicted molar refractivity (Wildman–Crippen MR) is 108 cm³/mol. The number of piperidine rings is 1. The molecule has 3 aliphatic rings. The molecular weight excluding hydrogens is 520 g/mol. The van der Waals surface area contributed by atoms with Crippen molar-refractivity contribution >= 4 is 15.7 Å². The van der Waals surface area contributed by atoms with Gasteiger partial charge in [-0.15, -0.1) is 0 Å². The van der Waals surface area contributed by atoms with Crippen LogP contribution in [0.15, 0.2) is 27.6 Å². The second kappa shape index (κ2) is 7.59. The quantitative estimate of drug-likeness (QED) is 0.519. The first-order valence-corrected chi connectivity index (χ1v) is 12.7. The molecule has 0 N–H and O–H groups in total. The van der Waals surface area contributed by atoms with Gasteiger partial charge in [0.2, 0.25) is 5.89 Å². The Balaban J connectivity index is 1.40. The molecule has 3 fully saturated rings. The molecule has 2 aliphatic carbocycles. The van der Waals surface area contributed by atoms with E-state index in [1.165, 1.54) is 4.90 Å². The SMILES string of the molecule is CS(=O)(=O)c1ccc(OCC(F)(F)F)c(C(=O)N2CC3CC3(c3nc(C4(C(F)(F)F)CC4)no3)C2)c1. The zero-order valence-electron chi connectivity index (χ0n) is 18.6. The number of carbonyl (C=O) groups excluding carboxylic acids is 1. The monoisotopic (exact) mass is 539 g/mol. The molecule has 1 amide bonds. The van der Waals surface area contributed by atoms with E-state index in [0.29, 0.717) is 6.42 Å². The Bertz CT molecular complexity index is 1330. The lowest BCUT2D eigenvalue weighted by atomic mass is 10.0. The summed E-state index contributed by atoms with van der Waals surface area (Å²) in [6, 6.07) is 2.97. The molecule has 36 heavy (non-hydrogen) atoms. The second-order valence-electron chi connectivity index (χ2n) is 9.58. The van der Waals surface area contributed by atoms with Crippen LogP contribution in [0, 0.1) is 5.92 Å². The van der Waals surface area contributed by atoms with Crippen molar-refractivity contribution < 1.29 is 48.8 Å². The lowest BCUT2D eigenvalue weighted by Gasteiger charge is -2.22. The summed E-state index contributed by atoms with van der Waals surface area (Å²) in [5, 5.41) is 3.56. The summed E-state index contributed by atoms with van der Waals surface area (Å²) < 4.78 is 112. The van der Waals surface area contributed by atoms with E-state index in [1.54, 1.807) is 0 Å². The molecule has 1 aliphatic heterocycles. The maximum Gasteiger partial charge on any atom is 0.422 e. The van der Waals surface area contributed by atoms with Gasteiger partial charge in [-0.25, -0.2) is 8.42 Å². The average Bonchev–Trinajstić information content (AvgIpc) is 3.62. The van der Waals surface area contributed by atoms with Crippen LogP contribution >= 0.6 is 0 Å². The molecule has 196 valence electrons. The number of alkyl halides is 6. The molecule has 15 heteroatoms. The minimum Gasteiger partial charge on any atom is -0.483 e. The average molecular weight is 539 g/mol. The maximum atomic E-state index is 13.4. The van der Waals surface area contributed by atoms with Crippen LogP contribution in [0.4, 0.5) is 26.3 Å². The van der Waals surface area contributed by atoms with Crippen molar-refractivity contribution in [2.45, 2.75) is 47.3 Å². The molecule has 0 radical (unpaired) electrons. The summed E-state index contributed by atoms with van der Waals surface area (Å²) in [7, 11) is -3.79. The highest BCUT2D eigenvalue weighted by Gasteiger charge is 2.69. The highest BCUT2D eigenvalue weighted by Crippen LogP contribution is 2.61. The van der Waals surface area contributed by atoms with Crippen LogP contribution in [-0.4, -0.2) is 67.7 Å². The summed E-state index contributed by atoms with van der Waals surface area (Å²) in [6.07, 6.45) is -8.14. The summed E-state index contributed by atoms with van der Waals surface area (Å²) in [4.78, 5) is 18.3. The molecule has 2 atom stereocenters. The maximum absolute atomic E-state index is 13.4. The fourth-order valence-corrected chi connectivity index (χ4v) is 5.36. The van der Waals surface area contributed by atoms with E-state index >= 15 is 0 Å². The van der Waals surface area contributed by atoms with E-state index < -0.39 is 57.1 Å². The largest absolute Gasteiger partial charge is 0.483 e. The van der Waals surface area contributed by atoms with Crippen molar-refractivity contribution in [3.63, 3.8) is 0 Å². The Morgan fingerprint density at radius 1 is 1.22 bits per heavy atom. The predicted octanol–water partition coefficient (Wildman–Crippen LogP) is 3.42. The van der Waals surface area contributed by atoms with Gasteiger partial charge in [0.25, 0.3) is 5.91 Å². The number of ether oxygens (including phenoxy) is 1. The van der Waals surface area contributed by atoms with E-state index in [0.717, 1.165) is 24.5 Å². The van der Waals surface area contributed by atoms with E-state index in [4.69, 9.17) is 9.26 Å². The number of carbonyl (C=O) groups is 1. The minimum atomic E-state index is -4.69. The molecule has 8 nitrogen and oxygen atoms in total. The highest BCUT2D eigenvalue weighted by molar-refractivity contribution is 7.90. The Kier molecular flexibility index (Phi) is 5.23. The van der Waals surface area contributed by atoms with E-state index in [2.05, 4.69) is 10.1 Å².